The van der Waals surface area contributed by atoms with Crippen LogP contribution in [0, 0.1) is 0 Å². The summed E-state index contributed by atoms with van der Waals surface area (Å²) in [6.07, 6.45) is 0. The predicted octanol–water partition coefficient (Wildman–Crippen LogP) is -3.56. The number of rotatable bonds is 0. The van der Waals surface area contributed by atoms with Crippen LogP contribution in [0.3, 0.4) is 0 Å². The molecule has 2 radical (unpaired) electrons. The first kappa shape index (κ1) is 46.2. The molecule has 0 N–H and O–H groups in total. The Labute approximate surface area is 122 Å². The first-order chi connectivity index (χ1) is 1.00. The Balaban J connectivity index is -0.000000000238. The van der Waals surface area contributed by atoms with Gasteiger partial charge in [-0.15, -0.1) is 0 Å². The molecule has 0 aromatic rings. The summed E-state index contributed by atoms with van der Waals surface area (Å²) in [6, 6.07) is 0. The summed E-state index contributed by atoms with van der Waals surface area (Å²) >= 11 is 0.0556. The summed E-state index contributed by atoms with van der Waals surface area (Å²) in [5, 5.41) is 0. The van der Waals surface area contributed by atoms with Gasteiger partial charge in [0.2, 0.25) is 0 Å². The molecule has 0 heterocycles. The molecule has 7 heteroatoms. The SMILES string of the molecule is [BiH3].[Cu].[Cu].[H-].[H-].[Mg+2].[O]=[BiH].[SiH4]. The van der Waals surface area contributed by atoms with E-state index in [-0.39, 0.29) is 122 Å². The summed E-state index contributed by atoms with van der Waals surface area (Å²) in [4.78, 5) is 0. The van der Waals surface area contributed by atoms with Gasteiger partial charge in [-0.3, -0.25) is 0 Å². The Bertz CT molecular complexity index is 22.5. The van der Waals surface area contributed by atoms with Gasteiger partial charge in [0.1, 0.15) is 0 Å². The van der Waals surface area contributed by atoms with Gasteiger partial charge < -0.3 is 2.85 Å². The van der Waals surface area contributed by atoms with E-state index < -0.39 is 0 Å². The van der Waals surface area contributed by atoms with E-state index in [4.69, 9.17) is 2.81 Å². The van der Waals surface area contributed by atoms with Crippen LogP contribution in [-0.4, -0.2) is 84.9 Å². The van der Waals surface area contributed by atoms with E-state index in [1.165, 1.54) is 0 Å². The zero-order valence-corrected chi connectivity index (χ0v) is 15.6. The normalized spacial score (nSPS) is 0.571. The minimum absolute atomic E-state index is 0. The zero-order valence-electron chi connectivity index (χ0n) is 4.93. The van der Waals surface area contributed by atoms with Gasteiger partial charge in [-0.2, -0.15) is 0 Å². The van der Waals surface area contributed by atoms with Crippen LogP contribution < -0.4 is 0 Å². The monoisotopic (exact) mass is 622 g/mol. The van der Waals surface area contributed by atoms with Crippen molar-refractivity contribution in [2.45, 2.75) is 0 Å². The van der Waals surface area contributed by atoms with E-state index >= 15 is 0 Å². The van der Waals surface area contributed by atoms with E-state index in [0.29, 0.717) is 0 Å². The average molecular weight is 624 g/mol. The van der Waals surface area contributed by atoms with E-state index in [9.17, 15) is 0 Å². The molecule has 0 rings (SSSR count). The molecule has 0 atom stereocenters. The van der Waals surface area contributed by atoms with Crippen molar-refractivity contribution in [2.24, 2.45) is 0 Å². The predicted molar refractivity (Wildman–Crippen MR) is 37.1 cm³/mol. The molecule has 0 aliphatic carbocycles. The van der Waals surface area contributed by atoms with Gasteiger partial charge in [-0.1, -0.05) is 0 Å². The summed E-state index contributed by atoms with van der Waals surface area (Å²) in [5.41, 5.74) is 0. The van der Waals surface area contributed by atoms with Crippen LogP contribution in [0.15, 0.2) is 0 Å². The van der Waals surface area contributed by atoms with Crippen LogP contribution in [0.5, 0.6) is 0 Å². The Morgan fingerprint density at radius 3 is 1.14 bits per heavy atom. The largest absolute Gasteiger partial charge is 0.0149 e. The second-order valence-electron chi connectivity index (χ2n) is 0. The van der Waals surface area contributed by atoms with Gasteiger partial charge in [0, 0.05) is 34.1 Å². The second-order valence-corrected chi connectivity index (χ2v) is 0. The molecule has 0 amide bonds. The fourth-order valence-corrected chi connectivity index (χ4v) is 0. The van der Waals surface area contributed by atoms with Crippen molar-refractivity contribution in [3.63, 3.8) is 0 Å². The van der Waals surface area contributed by atoms with E-state index in [0.717, 1.165) is 0 Å². The third kappa shape index (κ3) is 42.9. The maximum Gasteiger partial charge on any atom is -0.0149 e. The molecule has 0 fully saturated rings. The van der Waals surface area contributed by atoms with Crippen molar-refractivity contribution in [3.8, 4) is 0 Å². The van der Waals surface area contributed by atoms with Gasteiger partial charge >= 0.3 is 76.8 Å². The van der Waals surface area contributed by atoms with Crippen LogP contribution in [0.25, 0.3) is 0 Å². The molecule has 0 saturated heterocycles. The Kier molecular flexibility index (Phi) is 363. The summed E-state index contributed by atoms with van der Waals surface area (Å²) in [5.74, 6) is 0. The zero-order chi connectivity index (χ0) is 2.00. The van der Waals surface area contributed by atoms with Crippen molar-refractivity contribution >= 4 is 84.9 Å². The quantitative estimate of drug-likeness (QED) is 0.256. The molecule has 7 heavy (non-hydrogen) atoms. The fourth-order valence-electron chi connectivity index (χ4n) is 0. The molecule has 0 bridgehead atoms. The van der Waals surface area contributed by atoms with Crippen molar-refractivity contribution in [3.05, 3.63) is 0 Å². The standard InChI is InChI=1S/2Bi.2Cu.Mg.O.H4Si.6H/h;;;;;;1H4;;;;;;/q;;;;+2;;;;;;;2*-1. The second kappa shape index (κ2) is 54.9. The van der Waals surface area contributed by atoms with Crippen LogP contribution in [-0.2, 0) is 37.0 Å². The number of hydrogen-bond donors (Lipinski definition) is 0. The van der Waals surface area contributed by atoms with Crippen LogP contribution in [0.2, 0.25) is 0 Å². The Morgan fingerprint density at radius 1 is 1.14 bits per heavy atom. The first-order valence-electron chi connectivity index (χ1n) is 0.204. The van der Waals surface area contributed by atoms with Gasteiger partial charge in [-0.05, 0) is 11.0 Å². The molecule has 0 spiro atoms. The molecule has 1 nitrogen and oxygen atoms in total. The first-order valence-corrected chi connectivity index (χ1v) is 1.79. The summed E-state index contributed by atoms with van der Waals surface area (Å²) in [7, 11) is 0. The third-order valence-electron chi connectivity index (χ3n) is 0. The number of hydrogen-bond acceptors (Lipinski definition) is 1. The molecule has 0 aromatic heterocycles. The molecule has 0 aliphatic heterocycles. The van der Waals surface area contributed by atoms with E-state index in [1.807, 2.05) is 0 Å². The van der Waals surface area contributed by atoms with Crippen molar-refractivity contribution in [1.82, 2.24) is 0 Å². The average Bonchev–Trinajstić information content (AvgIpc) is 1.00. The van der Waals surface area contributed by atoms with Crippen molar-refractivity contribution in [2.75, 3.05) is 0 Å². The van der Waals surface area contributed by atoms with Crippen molar-refractivity contribution < 1.29 is 39.8 Å². The third-order valence-corrected chi connectivity index (χ3v) is 0. The molecule has 0 saturated carbocycles. The minimum atomic E-state index is 0. The smallest absolute Gasteiger partial charge is 0.0149 e. The molecule has 54 valence electrons. The van der Waals surface area contributed by atoms with Crippen LogP contribution >= 0.6 is 0 Å². The van der Waals surface area contributed by atoms with Gasteiger partial charge in [-0.25, -0.2) is 0 Å². The summed E-state index contributed by atoms with van der Waals surface area (Å²) in [6.45, 7) is 0. The Morgan fingerprint density at radius 2 is 1.14 bits per heavy atom. The maximum absolute atomic E-state index is 8.39. The topological polar surface area (TPSA) is 17.1 Å². The van der Waals surface area contributed by atoms with Crippen molar-refractivity contribution in [1.29, 1.82) is 0 Å². The van der Waals surface area contributed by atoms with Gasteiger partial charge in [0.05, 0.1) is 0 Å². The molecule has 0 aliphatic rings. The molecule has 0 aromatic carbocycles. The van der Waals surface area contributed by atoms with E-state index in [1.54, 1.807) is 0 Å². The van der Waals surface area contributed by atoms with Crippen LogP contribution in [0.4, 0.5) is 0 Å². The minimum Gasteiger partial charge on any atom is -0.0149 e. The molecular weight excluding hydrogens is 613 g/mol. The van der Waals surface area contributed by atoms with Crippen LogP contribution in [0.1, 0.15) is 2.85 Å². The maximum atomic E-state index is 8.39. The summed E-state index contributed by atoms with van der Waals surface area (Å²) < 4.78 is 8.39. The van der Waals surface area contributed by atoms with Gasteiger partial charge in [0.15, 0.2) is 0 Å². The fraction of sp³-hybridized carbons (Fsp3) is 0. The van der Waals surface area contributed by atoms with Gasteiger partial charge in [0.25, 0.3) is 0 Å². The van der Waals surface area contributed by atoms with E-state index in [2.05, 4.69) is 0 Å². The Hall–Kier alpha value is 3.59. The molecular formula is H10Bi2Cu2MgOSi. The molecule has 0 unspecified atom stereocenters.